The highest BCUT2D eigenvalue weighted by Gasteiger charge is 2.22. The molecule has 2 unspecified atom stereocenters. The van der Waals surface area contributed by atoms with E-state index < -0.39 is 0 Å². The molecule has 2 N–H and O–H groups in total. The second-order valence-corrected chi connectivity index (χ2v) is 4.69. The largest absolute Gasteiger partial charge is 0.377 e. The third-order valence-electron chi connectivity index (χ3n) is 3.45. The van der Waals surface area contributed by atoms with Gasteiger partial charge >= 0.3 is 0 Å². The Morgan fingerprint density at radius 3 is 2.94 bits per heavy atom. The average Bonchev–Trinajstić information content (AvgIpc) is 2.38. The predicted octanol–water partition coefficient (Wildman–Crippen LogP) is 2.32. The fourth-order valence-electron chi connectivity index (χ4n) is 2.37. The second kappa shape index (κ2) is 5.52. The molecule has 1 fully saturated rings. The van der Waals surface area contributed by atoms with Crippen LogP contribution < -0.4 is 10.6 Å². The van der Waals surface area contributed by atoms with Gasteiger partial charge in [-0.1, -0.05) is 25.1 Å². The number of morpholine rings is 1. The summed E-state index contributed by atoms with van der Waals surface area (Å²) in [6.07, 6.45) is 0.968. The van der Waals surface area contributed by atoms with E-state index in [2.05, 4.69) is 43.0 Å². The summed E-state index contributed by atoms with van der Waals surface area (Å²) in [7, 11) is 0. The molecule has 0 bridgehead atoms. The molecule has 0 spiro atoms. The standard InChI is InChI=1S/C14H22N2O/c1-3-13(15)12-6-4-5-7-14(12)16-8-9-17-10-11(16)2/h4-7,11,13H,3,8-10,15H2,1-2H3. The average molecular weight is 234 g/mol. The summed E-state index contributed by atoms with van der Waals surface area (Å²) in [5.74, 6) is 0. The Kier molecular flexibility index (Phi) is 4.02. The van der Waals surface area contributed by atoms with E-state index in [9.17, 15) is 0 Å². The number of hydrogen-bond acceptors (Lipinski definition) is 3. The maximum Gasteiger partial charge on any atom is 0.0668 e. The van der Waals surface area contributed by atoms with Crippen molar-refractivity contribution in [3.8, 4) is 0 Å². The number of nitrogens with two attached hydrogens (primary N) is 1. The molecule has 1 aromatic carbocycles. The topological polar surface area (TPSA) is 38.5 Å². The Bertz CT molecular complexity index is 367. The van der Waals surface area contributed by atoms with Crippen molar-refractivity contribution in [3.05, 3.63) is 29.8 Å². The Morgan fingerprint density at radius 1 is 1.47 bits per heavy atom. The van der Waals surface area contributed by atoms with Crippen molar-refractivity contribution in [3.63, 3.8) is 0 Å². The van der Waals surface area contributed by atoms with Crippen molar-refractivity contribution in [2.24, 2.45) is 5.73 Å². The quantitative estimate of drug-likeness (QED) is 0.872. The van der Waals surface area contributed by atoms with Crippen LogP contribution in [-0.2, 0) is 4.74 Å². The zero-order valence-electron chi connectivity index (χ0n) is 10.7. The number of benzene rings is 1. The van der Waals surface area contributed by atoms with Gasteiger partial charge in [-0.3, -0.25) is 0 Å². The first-order chi connectivity index (χ1) is 8.24. The SMILES string of the molecule is CCC(N)c1ccccc1N1CCOCC1C. The number of nitrogens with zero attached hydrogens (tertiary/aromatic N) is 1. The van der Waals surface area contributed by atoms with Crippen LogP contribution in [0.15, 0.2) is 24.3 Å². The van der Waals surface area contributed by atoms with Crippen molar-refractivity contribution in [2.75, 3.05) is 24.7 Å². The molecule has 1 saturated heterocycles. The first kappa shape index (κ1) is 12.4. The number of para-hydroxylation sites is 1. The maximum absolute atomic E-state index is 6.19. The minimum absolute atomic E-state index is 0.126. The van der Waals surface area contributed by atoms with Crippen molar-refractivity contribution in [2.45, 2.75) is 32.4 Å². The molecular formula is C14H22N2O. The molecule has 1 aliphatic rings. The van der Waals surface area contributed by atoms with Gasteiger partial charge in [0, 0.05) is 24.3 Å². The van der Waals surface area contributed by atoms with Crippen LogP contribution >= 0.6 is 0 Å². The lowest BCUT2D eigenvalue weighted by Crippen LogP contribution is -2.44. The lowest BCUT2D eigenvalue weighted by Gasteiger charge is -2.37. The second-order valence-electron chi connectivity index (χ2n) is 4.69. The zero-order valence-corrected chi connectivity index (χ0v) is 10.7. The first-order valence-electron chi connectivity index (χ1n) is 6.43. The maximum atomic E-state index is 6.19. The summed E-state index contributed by atoms with van der Waals surface area (Å²) in [6.45, 7) is 6.89. The molecule has 0 saturated carbocycles. The predicted molar refractivity (Wildman–Crippen MR) is 71.3 cm³/mol. The van der Waals surface area contributed by atoms with E-state index in [1.54, 1.807) is 0 Å². The van der Waals surface area contributed by atoms with E-state index in [1.807, 2.05) is 0 Å². The number of hydrogen-bond donors (Lipinski definition) is 1. The van der Waals surface area contributed by atoms with Gasteiger partial charge in [-0.15, -0.1) is 0 Å². The Labute approximate surface area is 104 Å². The third-order valence-corrected chi connectivity index (χ3v) is 3.45. The van der Waals surface area contributed by atoms with Crippen molar-refractivity contribution < 1.29 is 4.74 Å². The van der Waals surface area contributed by atoms with E-state index in [1.165, 1.54) is 11.3 Å². The van der Waals surface area contributed by atoms with Crippen molar-refractivity contribution in [1.82, 2.24) is 0 Å². The van der Waals surface area contributed by atoms with Crippen LogP contribution in [0.25, 0.3) is 0 Å². The van der Waals surface area contributed by atoms with Gasteiger partial charge in [0.1, 0.15) is 0 Å². The van der Waals surface area contributed by atoms with Gasteiger partial charge < -0.3 is 15.4 Å². The van der Waals surface area contributed by atoms with Crippen LogP contribution in [0.5, 0.6) is 0 Å². The molecule has 3 heteroatoms. The molecule has 0 amide bonds. The van der Waals surface area contributed by atoms with E-state index in [0.717, 1.165) is 26.2 Å². The summed E-state index contributed by atoms with van der Waals surface area (Å²) in [5.41, 5.74) is 8.72. The highest BCUT2D eigenvalue weighted by Crippen LogP contribution is 2.29. The normalized spacial score (nSPS) is 22.5. The van der Waals surface area contributed by atoms with Gasteiger partial charge in [0.15, 0.2) is 0 Å². The highest BCUT2D eigenvalue weighted by molar-refractivity contribution is 5.56. The van der Waals surface area contributed by atoms with Crippen LogP contribution in [0, 0.1) is 0 Å². The Morgan fingerprint density at radius 2 is 2.24 bits per heavy atom. The fourth-order valence-corrected chi connectivity index (χ4v) is 2.37. The lowest BCUT2D eigenvalue weighted by molar-refractivity contribution is 0.0988. The molecule has 2 rings (SSSR count). The molecule has 0 radical (unpaired) electrons. The van der Waals surface area contributed by atoms with Gasteiger partial charge in [0.25, 0.3) is 0 Å². The highest BCUT2D eigenvalue weighted by atomic mass is 16.5. The van der Waals surface area contributed by atoms with E-state index >= 15 is 0 Å². The molecule has 0 aliphatic carbocycles. The van der Waals surface area contributed by atoms with Crippen LogP contribution in [0.2, 0.25) is 0 Å². The van der Waals surface area contributed by atoms with Crippen LogP contribution in [0.1, 0.15) is 31.9 Å². The number of anilines is 1. The van der Waals surface area contributed by atoms with Gasteiger partial charge in [-0.05, 0) is 25.0 Å². The summed E-state index contributed by atoms with van der Waals surface area (Å²) >= 11 is 0. The van der Waals surface area contributed by atoms with E-state index in [0.29, 0.717) is 6.04 Å². The van der Waals surface area contributed by atoms with E-state index in [4.69, 9.17) is 10.5 Å². The Balaban J connectivity index is 2.30. The van der Waals surface area contributed by atoms with Gasteiger partial charge in [0.05, 0.1) is 13.2 Å². The third kappa shape index (κ3) is 2.61. The number of ether oxygens (including phenoxy) is 1. The van der Waals surface area contributed by atoms with Crippen LogP contribution in [-0.4, -0.2) is 25.8 Å². The molecule has 1 aliphatic heterocycles. The number of rotatable bonds is 3. The molecule has 0 aromatic heterocycles. The van der Waals surface area contributed by atoms with Crippen molar-refractivity contribution >= 4 is 5.69 Å². The minimum Gasteiger partial charge on any atom is -0.377 e. The first-order valence-corrected chi connectivity index (χ1v) is 6.43. The summed E-state index contributed by atoms with van der Waals surface area (Å²) in [5, 5.41) is 0. The summed E-state index contributed by atoms with van der Waals surface area (Å²) in [6, 6.07) is 9.02. The van der Waals surface area contributed by atoms with Gasteiger partial charge in [-0.25, -0.2) is 0 Å². The summed E-state index contributed by atoms with van der Waals surface area (Å²) < 4.78 is 5.49. The zero-order chi connectivity index (χ0) is 12.3. The van der Waals surface area contributed by atoms with Gasteiger partial charge in [-0.2, -0.15) is 0 Å². The molecule has 17 heavy (non-hydrogen) atoms. The van der Waals surface area contributed by atoms with Crippen LogP contribution in [0.4, 0.5) is 5.69 Å². The van der Waals surface area contributed by atoms with Gasteiger partial charge in [0.2, 0.25) is 0 Å². The Hall–Kier alpha value is -1.06. The molecule has 3 nitrogen and oxygen atoms in total. The van der Waals surface area contributed by atoms with Crippen LogP contribution in [0.3, 0.4) is 0 Å². The smallest absolute Gasteiger partial charge is 0.0668 e. The monoisotopic (exact) mass is 234 g/mol. The molecule has 1 heterocycles. The summed E-state index contributed by atoms with van der Waals surface area (Å²) in [4.78, 5) is 2.41. The minimum atomic E-state index is 0.126. The lowest BCUT2D eigenvalue weighted by atomic mass is 10.0. The fraction of sp³-hybridized carbons (Fsp3) is 0.571. The van der Waals surface area contributed by atoms with Crippen molar-refractivity contribution in [1.29, 1.82) is 0 Å². The molecule has 1 aromatic rings. The molecule has 94 valence electrons. The molecular weight excluding hydrogens is 212 g/mol. The molecule has 2 atom stereocenters. The van der Waals surface area contributed by atoms with E-state index in [-0.39, 0.29) is 6.04 Å².